The molecule has 32 valence electrons. The molecule has 1 aliphatic carbocycles. The van der Waals surface area contributed by atoms with Gasteiger partial charge in [-0.3, -0.25) is 0 Å². The Hall–Kier alpha value is 0.792. The fraction of sp³-hybridized carbons (Fsp3) is 0.600. The molecule has 0 radical (unpaired) electrons. The molecule has 1 aliphatic rings. The van der Waals surface area contributed by atoms with Gasteiger partial charge in [0.1, 0.15) is 0 Å². The number of rotatable bonds is 0. The monoisotopic (exact) mass is 306 g/mol. The molecule has 0 N–H and O–H groups in total. The van der Waals surface area contributed by atoms with Crippen LogP contribution in [0.1, 0.15) is 19.3 Å². The second-order valence-corrected chi connectivity index (χ2v) is 1.40. The van der Waals surface area contributed by atoms with Gasteiger partial charge in [0, 0.05) is 31.1 Å². The standard InChI is InChI=1S/C5H8.U/c1-2-4-5-3-1;/h1-2H,3-5H2;. The molecule has 0 saturated heterocycles. The van der Waals surface area contributed by atoms with Gasteiger partial charge in [0.25, 0.3) is 0 Å². The van der Waals surface area contributed by atoms with E-state index in [1.807, 2.05) is 0 Å². The van der Waals surface area contributed by atoms with Gasteiger partial charge in [0.15, 0.2) is 0 Å². The summed E-state index contributed by atoms with van der Waals surface area (Å²) in [5.41, 5.74) is 0. The summed E-state index contributed by atoms with van der Waals surface area (Å²) in [5, 5.41) is 0. The van der Waals surface area contributed by atoms with Gasteiger partial charge in [-0.2, -0.15) is 0 Å². The van der Waals surface area contributed by atoms with Gasteiger partial charge < -0.3 is 0 Å². The van der Waals surface area contributed by atoms with E-state index < -0.39 is 0 Å². The van der Waals surface area contributed by atoms with Gasteiger partial charge in [0.2, 0.25) is 0 Å². The molecule has 0 saturated carbocycles. The van der Waals surface area contributed by atoms with Crippen LogP contribution in [-0.2, 0) is 0 Å². The van der Waals surface area contributed by atoms with Gasteiger partial charge in [-0.05, 0) is 19.3 Å². The minimum Gasteiger partial charge on any atom is -0.0885 e. The third-order valence-corrected chi connectivity index (χ3v) is 0.908. The molecule has 0 aromatic heterocycles. The summed E-state index contributed by atoms with van der Waals surface area (Å²) in [5.74, 6) is 0. The quantitative estimate of drug-likeness (QED) is 0.598. The minimum absolute atomic E-state index is 0. The van der Waals surface area contributed by atoms with Crippen molar-refractivity contribution in [3.63, 3.8) is 0 Å². The van der Waals surface area contributed by atoms with E-state index in [0.29, 0.717) is 0 Å². The van der Waals surface area contributed by atoms with E-state index in [2.05, 4.69) is 12.2 Å². The maximum Gasteiger partial charge on any atom is 0 e. The first-order chi connectivity index (χ1) is 2.50. The Labute approximate surface area is 62.4 Å². The topological polar surface area (TPSA) is 0 Å². The Morgan fingerprint density at radius 3 is 1.67 bits per heavy atom. The van der Waals surface area contributed by atoms with Crippen LogP contribution in [0.3, 0.4) is 0 Å². The van der Waals surface area contributed by atoms with Crippen LogP contribution in [0.15, 0.2) is 12.2 Å². The van der Waals surface area contributed by atoms with Crippen molar-refractivity contribution < 1.29 is 31.1 Å². The summed E-state index contributed by atoms with van der Waals surface area (Å²) in [6.45, 7) is 0. The van der Waals surface area contributed by atoms with E-state index in [1.54, 1.807) is 0 Å². The van der Waals surface area contributed by atoms with Crippen molar-refractivity contribution in [2.24, 2.45) is 0 Å². The molecule has 0 spiro atoms. The summed E-state index contributed by atoms with van der Waals surface area (Å²) < 4.78 is 0. The molecule has 1 rings (SSSR count). The third kappa shape index (κ3) is 2.05. The van der Waals surface area contributed by atoms with Crippen LogP contribution in [0.2, 0.25) is 0 Å². The van der Waals surface area contributed by atoms with Crippen LogP contribution in [0, 0.1) is 31.1 Å². The zero-order valence-electron chi connectivity index (χ0n) is 3.78. The van der Waals surface area contributed by atoms with E-state index in [-0.39, 0.29) is 31.1 Å². The van der Waals surface area contributed by atoms with E-state index in [9.17, 15) is 0 Å². The third-order valence-electron chi connectivity index (χ3n) is 0.908. The Bertz CT molecular complexity index is 41.9. The summed E-state index contributed by atoms with van der Waals surface area (Å²) in [6.07, 6.45) is 8.50. The van der Waals surface area contributed by atoms with Crippen LogP contribution < -0.4 is 0 Å². The first kappa shape index (κ1) is 6.79. The molecule has 0 heterocycles. The second kappa shape index (κ2) is 3.96. The van der Waals surface area contributed by atoms with Crippen molar-refractivity contribution >= 4 is 0 Å². The van der Waals surface area contributed by atoms with Crippen molar-refractivity contribution in [3.05, 3.63) is 12.2 Å². The van der Waals surface area contributed by atoms with Crippen molar-refractivity contribution in [2.75, 3.05) is 0 Å². The zero-order chi connectivity index (χ0) is 3.54. The second-order valence-electron chi connectivity index (χ2n) is 1.40. The van der Waals surface area contributed by atoms with Gasteiger partial charge in [0.05, 0.1) is 0 Å². The molecule has 0 atom stereocenters. The van der Waals surface area contributed by atoms with E-state index in [4.69, 9.17) is 0 Å². The van der Waals surface area contributed by atoms with Gasteiger partial charge in [-0.25, -0.2) is 0 Å². The molecule has 0 aromatic carbocycles. The minimum atomic E-state index is 0. The van der Waals surface area contributed by atoms with Crippen LogP contribution in [0.4, 0.5) is 0 Å². The van der Waals surface area contributed by atoms with Crippen molar-refractivity contribution in [1.82, 2.24) is 0 Å². The molecule has 0 aliphatic heterocycles. The van der Waals surface area contributed by atoms with Gasteiger partial charge in [-0.15, -0.1) is 0 Å². The first-order valence-electron chi connectivity index (χ1n) is 2.15. The number of allylic oxidation sites excluding steroid dienone is 2. The Morgan fingerprint density at radius 1 is 1.00 bits per heavy atom. The SMILES string of the molecule is C1=CCCC1.[U]. The molecule has 6 heavy (non-hydrogen) atoms. The fourth-order valence-corrected chi connectivity index (χ4v) is 0.589. The number of hydrogen-bond acceptors (Lipinski definition) is 0. The molecule has 0 fully saturated rings. The molecular weight excluding hydrogens is 298 g/mol. The molecule has 1 heteroatoms. The average molecular weight is 306 g/mol. The summed E-state index contributed by atoms with van der Waals surface area (Å²) in [4.78, 5) is 0. The van der Waals surface area contributed by atoms with Gasteiger partial charge in [-0.1, -0.05) is 12.2 Å². The Morgan fingerprint density at radius 2 is 1.50 bits per heavy atom. The zero-order valence-corrected chi connectivity index (χ0v) is 7.94. The summed E-state index contributed by atoms with van der Waals surface area (Å²) in [6, 6.07) is 0. The van der Waals surface area contributed by atoms with Crippen molar-refractivity contribution in [3.8, 4) is 0 Å². The smallest absolute Gasteiger partial charge is 0 e. The summed E-state index contributed by atoms with van der Waals surface area (Å²) >= 11 is 0. The molecule has 0 amide bonds. The fourth-order valence-electron chi connectivity index (χ4n) is 0.589. The average Bonchev–Trinajstić information content (AvgIpc) is 1.76. The van der Waals surface area contributed by atoms with E-state index in [0.717, 1.165) is 0 Å². The molecule has 0 unspecified atom stereocenters. The predicted molar refractivity (Wildman–Crippen MR) is 23.0 cm³/mol. The van der Waals surface area contributed by atoms with Crippen LogP contribution in [-0.4, -0.2) is 0 Å². The number of hydrogen-bond donors (Lipinski definition) is 0. The van der Waals surface area contributed by atoms with Crippen molar-refractivity contribution in [1.29, 1.82) is 0 Å². The molecule has 0 aromatic rings. The summed E-state index contributed by atoms with van der Waals surface area (Å²) in [7, 11) is 0. The largest absolute Gasteiger partial charge is 0.0885 e. The maximum atomic E-state index is 2.24. The Balaban J connectivity index is 0.000000250. The first-order valence-corrected chi connectivity index (χ1v) is 2.15. The normalized spacial score (nSPS) is 17.3. The van der Waals surface area contributed by atoms with Crippen LogP contribution in [0.25, 0.3) is 0 Å². The van der Waals surface area contributed by atoms with Crippen LogP contribution >= 0.6 is 0 Å². The van der Waals surface area contributed by atoms with Crippen LogP contribution in [0.5, 0.6) is 0 Å². The Kier molecular flexibility index (Phi) is 4.49. The van der Waals surface area contributed by atoms with E-state index >= 15 is 0 Å². The molecule has 0 bridgehead atoms. The van der Waals surface area contributed by atoms with Gasteiger partial charge >= 0.3 is 0 Å². The van der Waals surface area contributed by atoms with E-state index in [1.165, 1.54) is 19.3 Å². The maximum absolute atomic E-state index is 2.24. The molecule has 0 nitrogen and oxygen atoms in total. The predicted octanol–water partition coefficient (Wildman–Crippen LogP) is 1.73. The molecular formula is C5H8U. The van der Waals surface area contributed by atoms with Crippen molar-refractivity contribution in [2.45, 2.75) is 19.3 Å².